The second kappa shape index (κ2) is 39.5. The maximum atomic E-state index is 16.5. The van der Waals surface area contributed by atoms with Crippen LogP contribution in [0.3, 0.4) is 0 Å². The fourth-order valence-corrected chi connectivity index (χ4v) is 21.2. The number of ether oxygens (including phenoxy) is 3. The Morgan fingerprint density at radius 1 is 0.672 bits per heavy atom. The smallest absolute Gasteiger partial charge is 0.247 e. The molecule has 0 saturated heterocycles. The average Bonchev–Trinajstić information content (AvgIpc) is 0.750. The van der Waals surface area contributed by atoms with Crippen molar-refractivity contribution in [3.63, 3.8) is 0 Å². The molecule has 8 amide bonds. The molecular weight excluding hydrogens is 1510 g/mol. The first-order valence-electron chi connectivity index (χ1n) is 43.1. The van der Waals surface area contributed by atoms with Gasteiger partial charge in [-0.05, 0) is 168 Å². The molecule has 644 valence electrons. The van der Waals surface area contributed by atoms with Crippen LogP contribution in [0.1, 0.15) is 200 Å². The molecule has 2 unspecified atom stereocenters. The number of carbonyl (C=O) groups excluding carboxylic acids is 8. The molecule has 15 bridgehead atoms. The highest BCUT2D eigenvalue weighted by atomic mass is 35.5. The number of primary amides is 1. The number of hydrogen-bond donors (Lipinski definition) is 19. The molecule has 14 aliphatic rings. The van der Waals surface area contributed by atoms with E-state index in [1.165, 1.54) is 56.7 Å². The number of unbranched alkanes of at least 4 members (excludes halogenated alkanes) is 10. The van der Waals surface area contributed by atoms with E-state index in [1.807, 2.05) is 13.8 Å². The van der Waals surface area contributed by atoms with Crippen LogP contribution in [-0.4, -0.2) is 218 Å². The Hall–Kier alpha value is -6.97. The summed E-state index contributed by atoms with van der Waals surface area (Å²) < 4.78 is 20.8. The Morgan fingerprint density at radius 3 is 1.96 bits per heavy atom. The highest BCUT2D eigenvalue weighted by Gasteiger charge is 2.55. The van der Waals surface area contributed by atoms with E-state index < -0.39 is 198 Å². The van der Waals surface area contributed by atoms with Crippen molar-refractivity contribution in [3.8, 4) is 17.2 Å². The number of carbonyl (C=O) groups is 8. The summed E-state index contributed by atoms with van der Waals surface area (Å²) >= 11 is 7.38. The van der Waals surface area contributed by atoms with Gasteiger partial charge in [-0.2, -0.15) is 0 Å². The minimum Gasteiger partial charge on any atom is -0.512 e. The van der Waals surface area contributed by atoms with Crippen molar-refractivity contribution in [1.29, 1.82) is 0 Å². The van der Waals surface area contributed by atoms with E-state index in [1.54, 1.807) is 32.2 Å². The quantitative estimate of drug-likeness (QED) is 0.0468. The molecule has 5 heterocycles. The average molecular weight is 1640 g/mol. The zero-order chi connectivity index (χ0) is 83.1. The van der Waals surface area contributed by atoms with Crippen molar-refractivity contribution in [3.05, 3.63) is 63.9 Å². The standard InChI is InChI=1S/C85H128ClN11O19/c1-6-7-8-9-10-11-12-13-14-15-16-23-90-39-53-58(99)36-52-65(75(53)104)51-31-44(17-20-57(51)98)67-81(109)97-71(85(113)95-69(52)83(111)92-66-47-27-42-26-43(29-47)30-48(66)28-42)73(102)46-19-22-60(54(86)32-46)115-63-34-49-33-62(78(63)116-61-35-50(38-87)74(103)77(106)76(61)105)114-59-21-18-45(25-41(59)4)72(101)70(96-79(107)55(89-5)24-40(2)3)84(112)91-56(37-64(88)100)80(108)93-68(49)82(110)94-67/h18,21,31-34,40-48,50,52,55-57,59-61,65-77,89-90,98-99,101-106H,6-17,19-20,22-30,35-39,87H2,1-5H3,(H2,88,100)(H,91,112)(H,92,111)(H,93,108)(H,94,110)(H,95,113)(H,96,107)(H,97,109)/t41-,42?,43?,44+,45+,46+,47?,48?,50-,52?,55-,56+,57-,59-,60-,61-,65?,66?,67-,68-,69+,70-,71+,72-,73-,74-,75+,76+,77+/m1/s1. The molecule has 21 N–H and O–H groups in total. The van der Waals surface area contributed by atoms with Gasteiger partial charge in [-0.3, -0.25) is 38.4 Å². The van der Waals surface area contributed by atoms with Gasteiger partial charge in [0.15, 0.2) is 11.5 Å². The highest BCUT2D eigenvalue weighted by molar-refractivity contribution is 6.30. The maximum Gasteiger partial charge on any atom is 0.247 e. The number of allylic oxidation sites excluding steroid dienone is 1. The normalized spacial score (nSPS) is 37.4. The molecule has 15 rings (SSSR count). The largest absolute Gasteiger partial charge is 0.512 e. The molecule has 24 atom stereocenters. The molecule has 5 fully saturated rings. The van der Waals surface area contributed by atoms with Crippen molar-refractivity contribution in [2.24, 2.45) is 82.5 Å². The number of halogens is 1. The van der Waals surface area contributed by atoms with Crippen molar-refractivity contribution >= 4 is 58.9 Å². The predicted molar refractivity (Wildman–Crippen MR) is 429 cm³/mol. The van der Waals surface area contributed by atoms with Gasteiger partial charge in [-0.15, -0.1) is 0 Å². The summed E-state index contributed by atoms with van der Waals surface area (Å²) in [5.41, 5.74) is 12.2. The van der Waals surface area contributed by atoms with Gasteiger partial charge in [0, 0.05) is 60.1 Å². The number of aliphatic hydroxyl groups excluding tert-OH is 8. The van der Waals surface area contributed by atoms with Gasteiger partial charge in [0.05, 0.1) is 53.8 Å². The lowest BCUT2D eigenvalue weighted by atomic mass is 9.54. The summed E-state index contributed by atoms with van der Waals surface area (Å²) in [6.07, 6.45) is 7.05. The first-order chi connectivity index (χ1) is 55.5. The van der Waals surface area contributed by atoms with Crippen molar-refractivity contribution in [2.75, 3.05) is 26.7 Å². The van der Waals surface area contributed by atoms with Crippen molar-refractivity contribution in [2.45, 2.75) is 298 Å². The molecule has 30 nitrogen and oxygen atoms in total. The highest BCUT2D eigenvalue weighted by Crippen LogP contribution is 2.55. The Bertz CT molecular complexity index is 3780. The third-order valence-electron chi connectivity index (χ3n) is 27.2. The lowest BCUT2D eigenvalue weighted by Gasteiger charge is -2.54. The van der Waals surface area contributed by atoms with Crippen LogP contribution in [-0.2, 0) is 38.4 Å². The number of nitrogens with one attached hydrogen (secondary N) is 9. The van der Waals surface area contributed by atoms with E-state index in [2.05, 4.69) is 54.8 Å². The second-order valence-electron chi connectivity index (χ2n) is 35.9. The Kier molecular flexibility index (Phi) is 30.1. The minimum atomic E-state index is -2.10. The topological polar surface area (TPSA) is 486 Å². The Balaban J connectivity index is 0.982. The number of fused-ring (bicyclic) bond motifs is 12. The van der Waals surface area contributed by atoms with Crippen LogP contribution in [0.2, 0.25) is 0 Å². The number of hydrogen-bond acceptors (Lipinski definition) is 22. The van der Waals surface area contributed by atoms with E-state index >= 15 is 28.8 Å². The maximum absolute atomic E-state index is 16.5. The van der Waals surface area contributed by atoms with E-state index in [9.17, 15) is 50.4 Å². The lowest BCUT2D eigenvalue weighted by molar-refractivity contribution is -0.149. The monoisotopic (exact) mass is 1640 g/mol. The molecular formula is C85H128ClN11O19. The number of nitrogens with two attached hydrogens (primary N) is 2. The second-order valence-corrected chi connectivity index (χ2v) is 36.4. The fourth-order valence-electron chi connectivity index (χ4n) is 20.9. The molecule has 0 radical (unpaired) electrons. The summed E-state index contributed by atoms with van der Waals surface area (Å²) in [5, 5.41) is 125. The zero-order valence-corrected chi connectivity index (χ0v) is 68.4. The summed E-state index contributed by atoms with van der Waals surface area (Å²) in [6, 6.07) is -9.85. The van der Waals surface area contributed by atoms with Crippen molar-refractivity contribution < 1.29 is 93.4 Å². The van der Waals surface area contributed by atoms with Crippen LogP contribution in [0, 0.1) is 71.0 Å². The Labute approximate surface area is 684 Å². The molecule has 1 aromatic carbocycles. The molecule has 0 spiro atoms. The van der Waals surface area contributed by atoms with E-state index in [4.69, 9.17) is 37.3 Å². The fraction of sp³-hybridized carbons (Fsp3) is 0.741. The lowest BCUT2D eigenvalue weighted by Crippen LogP contribution is -2.66. The molecule has 1 aromatic rings. The van der Waals surface area contributed by atoms with Crippen LogP contribution >= 0.6 is 11.6 Å². The summed E-state index contributed by atoms with van der Waals surface area (Å²) in [6.45, 7) is 8.17. The van der Waals surface area contributed by atoms with Gasteiger partial charge < -0.3 is 114 Å². The van der Waals surface area contributed by atoms with E-state index in [0.717, 1.165) is 64.2 Å². The van der Waals surface area contributed by atoms with Gasteiger partial charge in [-0.1, -0.05) is 122 Å². The summed E-state index contributed by atoms with van der Waals surface area (Å²) in [7, 11) is 1.56. The van der Waals surface area contributed by atoms with Crippen LogP contribution in [0.15, 0.2) is 58.4 Å². The minimum absolute atomic E-state index is 0.00514. The van der Waals surface area contributed by atoms with Gasteiger partial charge in [0.1, 0.15) is 66.8 Å². The first kappa shape index (κ1) is 88.3. The molecule has 116 heavy (non-hydrogen) atoms. The molecule has 31 heteroatoms. The third-order valence-corrected chi connectivity index (χ3v) is 27.6. The predicted octanol–water partition coefficient (Wildman–Crippen LogP) is 2.94. The molecule has 5 saturated carbocycles. The number of likely N-dealkylation sites (N-methyl/N-ethyl adjacent to an activating group) is 1. The van der Waals surface area contributed by atoms with Gasteiger partial charge in [0.25, 0.3) is 0 Å². The SMILES string of the molecule is CCCCCCCCCCCCCNCC1=C(O)CC2C(C3=C[C@H](CC[C@H]3O)[C@H]3NC(=O)[C@@H]4NC(=O)[C@H](CC(N)=O)NC(=O)[C@H](NC(=O)[C@@H](CC(C)C)NC)[C@H](O)[C@H]5C=C[C@@H](Oc6cc4cc(c6O[C@@H]4C[C@H](CN)[C@@H](O)[C@H](O)[C@H]4O)O[C@@H]4CC[C@@H](C=C4Cl)[C@@H](O)[C@H](NC3=O)C(=O)N[C@@H]2C(=O)NC2C3CC4CC(C3)CC2C4)[C@H](C)C5)[C@H]1O. The van der Waals surface area contributed by atoms with Gasteiger partial charge in [-0.25, -0.2) is 0 Å². The van der Waals surface area contributed by atoms with Crippen LogP contribution < -0.4 is 73.5 Å². The number of rotatable bonds is 26. The van der Waals surface area contributed by atoms with E-state index in [0.29, 0.717) is 24.8 Å². The molecule has 9 aliphatic carbocycles. The van der Waals surface area contributed by atoms with Crippen LogP contribution in [0.25, 0.3) is 0 Å². The summed E-state index contributed by atoms with van der Waals surface area (Å²) in [4.78, 5) is 123. The van der Waals surface area contributed by atoms with Gasteiger partial charge >= 0.3 is 0 Å². The van der Waals surface area contributed by atoms with Crippen molar-refractivity contribution in [1.82, 2.24) is 47.9 Å². The van der Waals surface area contributed by atoms with Crippen LogP contribution in [0.5, 0.6) is 17.2 Å². The van der Waals surface area contributed by atoms with Crippen LogP contribution in [0.4, 0.5) is 0 Å². The Morgan fingerprint density at radius 2 is 1.32 bits per heavy atom. The number of benzene rings is 1. The van der Waals surface area contributed by atoms with E-state index in [-0.39, 0.29) is 127 Å². The number of aliphatic hydroxyl groups is 8. The third kappa shape index (κ3) is 20.4. The molecule has 0 aromatic heterocycles. The van der Waals surface area contributed by atoms with Gasteiger partial charge in [0.2, 0.25) is 53.0 Å². The summed E-state index contributed by atoms with van der Waals surface area (Å²) in [5.74, 6) is -14.9. The first-order valence-corrected chi connectivity index (χ1v) is 43.5. The zero-order valence-electron chi connectivity index (χ0n) is 67.7. The molecule has 5 aliphatic heterocycles. The number of amides is 8.